The van der Waals surface area contributed by atoms with Gasteiger partial charge in [0.25, 0.3) is 11.6 Å². The van der Waals surface area contributed by atoms with Crippen LogP contribution in [0.4, 0.5) is 5.69 Å². The first-order valence-electron chi connectivity index (χ1n) is 7.81. The van der Waals surface area contributed by atoms with E-state index in [-0.39, 0.29) is 16.1 Å². The van der Waals surface area contributed by atoms with Gasteiger partial charge in [0.15, 0.2) is 4.80 Å². The molecule has 0 saturated heterocycles. The molecule has 3 aromatic rings. The van der Waals surface area contributed by atoms with Gasteiger partial charge >= 0.3 is 0 Å². The third-order valence-corrected chi connectivity index (χ3v) is 5.70. The zero-order chi connectivity index (χ0) is 20.5. The van der Waals surface area contributed by atoms with E-state index in [9.17, 15) is 23.3 Å². The second kappa shape index (κ2) is 7.46. The Balaban J connectivity index is 2.00. The summed E-state index contributed by atoms with van der Waals surface area (Å²) >= 11 is 1.24. The lowest BCUT2D eigenvalue weighted by Crippen LogP contribution is -2.17. The van der Waals surface area contributed by atoms with Gasteiger partial charge in [-0.25, -0.2) is 13.6 Å². The zero-order valence-corrected chi connectivity index (χ0v) is 16.1. The number of aryl methyl sites for hydroxylation is 1. The highest BCUT2D eigenvalue weighted by Crippen LogP contribution is 2.15. The van der Waals surface area contributed by atoms with Crippen molar-refractivity contribution < 1.29 is 18.1 Å². The van der Waals surface area contributed by atoms with Crippen molar-refractivity contribution in [1.82, 2.24) is 4.57 Å². The SMILES string of the molecule is Cc1csc(=NC(=O)c2ccc([N+](=O)[O-])cc2)n1-c1ccc(S(N)(=O)=O)cc1. The van der Waals surface area contributed by atoms with E-state index in [0.717, 1.165) is 5.69 Å². The van der Waals surface area contributed by atoms with E-state index in [1.165, 1.54) is 47.7 Å². The summed E-state index contributed by atoms with van der Waals surface area (Å²) < 4.78 is 24.5. The van der Waals surface area contributed by atoms with Crippen LogP contribution in [0.1, 0.15) is 16.1 Å². The Kier molecular flexibility index (Phi) is 5.23. The number of nitrogens with zero attached hydrogens (tertiary/aromatic N) is 3. The molecular formula is C17H14N4O5S2. The number of amides is 1. The molecule has 28 heavy (non-hydrogen) atoms. The topological polar surface area (TPSA) is 138 Å². The minimum Gasteiger partial charge on any atom is -0.290 e. The number of hydrogen-bond acceptors (Lipinski definition) is 6. The average Bonchev–Trinajstić information content (AvgIpc) is 3.01. The maximum Gasteiger partial charge on any atom is 0.279 e. The Morgan fingerprint density at radius 2 is 1.75 bits per heavy atom. The number of nitro groups is 1. The van der Waals surface area contributed by atoms with Crippen molar-refractivity contribution in [1.29, 1.82) is 0 Å². The van der Waals surface area contributed by atoms with Crippen LogP contribution in [0.15, 0.2) is 63.8 Å². The lowest BCUT2D eigenvalue weighted by atomic mass is 10.2. The Hall–Kier alpha value is -3.15. The molecule has 0 spiro atoms. The predicted molar refractivity (Wildman–Crippen MR) is 103 cm³/mol. The third-order valence-electron chi connectivity index (χ3n) is 3.82. The number of hydrogen-bond donors (Lipinski definition) is 1. The van der Waals surface area contributed by atoms with Gasteiger partial charge in [-0.3, -0.25) is 19.5 Å². The molecule has 1 aromatic heterocycles. The van der Waals surface area contributed by atoms with E-state index in [4.69, 9.17) is 5.14 Å². The number of primary sulfonamides is 1. The smallest absolute Gasteiger partial charge is 0.279 e. The first-order valence-corrected chi connectivity index (χ1v) is 10.2. The standard InChI is InChI=1S/C17H14N4O5S2/c1-11-10-27-17(19-16(22)12-2-4-14(5-3-12)21(23)24)20(11)13-6-8-15(9-7-13)28(18,25)26/h2-10H,1H3,(H2,18,25,26). The number of sulfonamides is 1. The normalized spacial score (nSPS) is 12.1. The van der Waals surface area contributed by atoms with Gasteiger partial charge in [0.1, 0.15) is 0 Å². The number of aromatic nitrogens is 1. The zero-order valence-electron chi connectivity index (χ0n) is 14.5. The van der Waals surface area contributed by atoms with Crippen LogP contribution in [0, 0.1) is 17.0 Å². The summed E-state index contributed by atoms with van der Waals surface area (Å²) in [6.45, 7) is 1.82. The van der Waals surface area contributed by atoms with Crippen molar-refractivity contribution in [3.63, 3.8) is 0 Å². The Morgan fingerprint density at radius 1 is 1.14 bits per heavy atom. The van der Waals surface area contributed by atoms with Crippen LogP contribution in [-0.4, -0.2) is 23.8 Å². The number of benzene rings is 2. The van der Waals surface area contributed by atoms with Crippen LogP contribution in [-0.2, 0) is 10.0 Å². The molecule has 1 amide bonds. The highest BCUT2D eigenvalue weighted by atomic mass is 32.2. The molecule has 0 saturated carbocycles. The van der Waals surface area contributed by atoms with E-state index in [1.54, 1.807) is 22.1 Å². The second-order valence-electron chi connectivity index (χ2n) is 5.75. The van der Waals surface area contributed by atoms with Crippen LogP contribution in [0.5, 0.6) is 0 Å². The first-order chi connectivity index (χ1) is 13.2. The molecule has 0 atom stereocenters. The van der Waals surface area contributed by atoms with E-state index in [1.807, 2.05) is 6.92 Å². The van der Waals surface area contributed by atoms with Gasteiger partial charge in [-0.2, -0.15) is 4.99 Å². The molecule has 144 valence electrons. The summed E-state index contributed by atoms with van der Waals surface area (Å²) in [5.41, 5.74) is 1.51. The number of carbonyl (C=O) groups is 1. The summed E-state index contributed by atoms with van der Waals surface area (Å²) in [5.74, 6) is -0.549. The Bertz CT molecular complexity index is 1220. The molecule has 0 unspecified atom stereocenters. The lowest BCUT2D eigenvalue weighted by molar-refractivity contribution is -0.384. The highest BCUT2D eigenvalue weighted by molar-refractivity contribution is 7.89. The largest absolute Gasteiger partial charge is 0.290 e. The maximum atomic E-state index is 12.4. The van der Waals surface area contributed by atoms with Crippen molar-refractivity contribution in [3.8, 4) is 5.69 Å². The molecule has 1 heterocycles. The number of non-ortho nitro benzene ring substituents is 1. The van der Waals surface area contributed by atoms with Gasteiger partial charge in [0, 0.05) is 34.5 Å². The van der Waals surface area contributed by atoms with E-state index in [2.05, 4.69) is 4.99 Å². The van der Waals surface area contributed by atoms with Gasteiger partial charge in [-0.1, -0.05) is 0 Å². The summed E-state index contributed by atoms with van der Waals surface area (Å²) in [6.07, 6.45) is 0. The first kappa shape index (κ1) is 19.6. The number of nitrogens with two attached hydrogens (primary N) is 1. The quantitative estimate of drug-likeness (QED) is 0.511. The van der Waals surface area contributed by atoms with E-state index in [0.29, 0.717) is 10.5 Å². The Morgan fingerprint density at radius 3 is 2.29 bits per heavy atom. The van der Waals surface area contributed by atoms with Crippen molar-refractivity contribution >= 4 is 33.0 Å². The fourth-order valence-electron chi connectivity index (χ4n) is 2.45. The molecule has 11 heteroatoms. The number of thiazole rings is 1. The molecule has 2 N–H and O–H groups in total. The molecule has 0 aliphatic heterocycles. The number of rotatable bonds is 4. The predicted octanol–water partition coefficient (Wildman–Crippen LogP) is 2.14. The second-order valence-corrected chi connectivity index (χ2v) is 8.15. The van der Waals surface area contributed by atoms with Crippen molar-refractivity contribution in [2.45, 2.75) is 11.8 Å². The van der Waals surface area contributed by atoms with Crippen molar-refractivity contribution in [2.75, 3.05) is 0 Å². The van der Waals surface area contributed by atoms with Crippen LogP contribution in [0.3, 0.4) is 0 Å². The number of nitro benzene ring substituents is 1. The number of carbonyl (C=O) groups excluding carboxylic acids is 1. The fourth-order valence-corrected chi connectivity index (χ4v) is 3.83. The molecular weight excluding hydrogens is 404 g/mol. The fraction of sp³-hybridized carbons (Fsp3) is 0.0588. The molecule has 0 radical (unpaired) electrons. The minimum absolute atomic E-state index is 0.0230. The van der Waals surface area contributed by atoms with Gasteiger partial charge < -0.3 is 0 Å². The van der Waals surface area contributed by atoms with Crippen molar-refractivity contribution in [2.24, 2.45) is 10.1 Å². The minimum atomic E-state index is -3.81. The van der Waals surface area contributed by atoms with Crippen LogP contribution >= 0.6 is 11.3 Å². The van der Waals surface area contributed by atoms with Crippen LogP contribution in [0.2, 0.25) is 0 Å². The van der Waals surface area contributed by atoms with Crippen LogP contribution in [0.25, 0.3) is 5.69 Å². The summed E-state index contributed by atoms with van der Waals surface area (Å²) in [7, 11) is -3.81. The molecule has 2 aromatic carbocycles. The van der Waals surface area contributed by atoms with Gasteiger partial charge in [0.2, 0.25) is 10.0 Å². The molecule has 3 rings (SSSR count). The lowest BCUT2D eigenvalue weighted by Gasteiger charge is -2.07. The van der Waals surface area contributed by atoms with Gasteiger partial charge in [-0.05, 0) is 43.3 Å². The molecule has 9 nitrogen and oxygen atoms in total. The molecule has 0 aliphatic carbocycles. The Labute approximate surface area is 163 Å². The monoisotopic (exact) mass is 418 g/mol. The van der Waals surface area contributed by atoms with Crippen molar-refractivity contribution in [3.05, 3.63) is 80.1 Å². The third kappa shape index (κ3) is 4.06. The molecule has 0 aliphatic rings. The average molecular weight is 418 g/mol. The molecule has 0 bridgehead atoms. The summed E-state index contributed by atoms with van der Waals surface area (Å²) in [4.78, 5) is 27.1. The maximum absolute atomic E-state index is 12.4. The van der Waals surface area contributed by atoms with Gasteiger partial charge in [-0.15, -0.1) is 11.3 Å². The van der Waals surface area contributed by atoms with Gasteiger partial charge in [0.05, 0.1) is 9.82 Å². The summed E-state index contributed by atoms with van der Waals surface area (Å²) in [5, 5.41) is 17.6. The molecule has 0 fully saturated rings. The van der Waals surface area contributed by atoms with E-state index >= 15 is 0 Å². The highest BCUT2D eigenvalue weighted by Gasteiger charge is 2.12. The summed E-state index contributed by atoms with van der Waals surface area (Å²) in [6, 6.07) is 11.0. The van der Waals surface area contributed by atoms with E-state index < -0.39 is 20.9 Å². The van der Waals surface area contributed by atoms with Crippen LogP contribution < -0.4 is 9.94 Å².